The molecule has 0 aliphatic heterocycles. The van der Waals surface area contributed by atoms with Crippen molar-refractivity contribution in [1.82, 2.24) is 9.78 Å². The number of halogens is 2. The molecule has 0 aliphatic carbocycles. The van der Waals surface area contributed by atoms with Crippen molar-refractivity contribution in [2.24, 2.45) is 0 Å². The van der Waals surface area contributed by atoms with Crippen LogP contribution in [0.4, 0.5) is 9.18 Å². The fraction of sp³-hybridized carbons (Fsp3) is 0.222. The van der Waals surface area contributed by atoms with E-state index < -0.39 is 6.09 Å². The van der Waals surface area contributed by atoms with Crippen LogP contribution in [-0.2, 0) is 4.74 Å². The van der Waals surface area contributed by atoms with E-state index in [1.54, 1.807) is 18.2 Å². The first-order valence-electron chi connectivity index (χ1n) is 7.71. The third kappa shape index (κ3) is 3.33. The summed E-state index contributed by atoms with van der Waals surface area (Å²) in [6, 6.07) is 11.6. The second kappa shape index (κ2) is 7.13. The van der Waals surface area contributed by atoms with Gasteiger partial charge < -0.3 is 4.74 Å². The van der Waals surface area contributed by atoms with E-state index in [4.69, 9.17) is 4.74 Å². The molecule has 0 saturated carbocycles. The second-order valence-corrected chi connectivity index (χ2v) is 6.31. The van der Waals surface area contributed by atoms with Gasteiger partial charge in [-0.15, -0.1) is 0 Å². The normalized spacial score (nSPS) is 11.0. The zero-order chi connectivity index (χ0) is 17.1. The van der Waals surface area contributed by atoms with E-state index in [2.05, 4.69) is 21.0 Å². The molecule has 3 rings (SSSR count). The summed E-state index contributed by atoms with van der Waals surface area (Å²) in [5.74, 6) is -0.317. The molecule has 0 saturated heterocycles. The van der Waals surface area contributed by atoms with Crippen LogP contribution < -0.4 is 0 Å². The molecule has 0 unspecified atom stereocenters. The summed E-state index contributed by atoms with van der Waals surface area (Å²) in [5.41, 5.74) is 2.00. The van der Waals surface area contributed by atoms with Crippen LogP contribution in [0.3, 0.4) is 0 Å². The molecule has 124 valence electrons. The molecule has 4 nitrogen and oxygen atoms in total. The summed E-state index contributed by atoms with van der Waals surface area (Å²) in [4.78, 5) is 12.3. The first kappa shape index (κ1) is 16.6. The molecular weight excluding hydrogens is 375 g/mol. The smallest absolute Gasteiger partial charge is 0.435 e. The van der Waals surface area contributed by atoms with E-state index >= 15 is 0 Å². The standard InChI is InChI=1S/C18H16BrFN2O2/c1-2-3-10-24-18(23)22-16-9-6-13(19)11-15(16)17(21-22)12-4-7-14(20)8-5-12/h4-9,11H,2-3,10H2,1H3. The molecular formula is C18H16BrFN2O2. The van der Waals surface area contributed by atoms with Crippen molar-refractivity contribution in [3.8, 4) is 11.3 Å². The van der Waals surface area contributed by atoms with Gasteiger partial charge in [0.2, 0.25) is 0 Å². The molecule has 0 bridgehead atoms. The number of carbonyl (C=O) groups is 1. The second-order valence-electron chi connectivity index (χ2n) is 5.40. The van der Waals surface area contributed by atoms with Crippen LogP contribution in [0, 0.1) is 5.82 Å². The zero-order valence-electron chi connectivity index (χ0n) is 13.1. The predicted octanol–water partition coefficient (Wildman–Crippen LogP) is 5.39. The molecule has 0 spiro atoms. The van der Waals surface area contributed by atoms with Crippen molar-refractivity contribution in [3.63, 3.8) is 0 Å². The number of aromatic nitrogens is 2. The molecule has 6 heteroatoms. The van der Waals surface area contributed by atoms with Crippen molar-refractivity contribution in [1.29, 1.82) is 0 Å². The van der Waals surface area contributed by atoms with Crippen LogP contribution in [0.5, 0.6) is 0 Å². The highest BCUT2D eigenvalue weighted by atomic mass is 79.9. The number of hydrogen-bond donors (Lipinski definition) is 0. The van der Waals surface area contributed by atoms with Crippen LogP contribution in [0.25, 0.3) is 22.2 Å². The molecule has 0 N–H and O–H groups in total. The Morgan fingerprint density at radius 2 is 2.00 bits per heavy atom. The molecule has 0 aliphatic rings. The van der Waals surface area contributed by atoms with Gasteiger partial charge in [-0.05, 0) is 48.9 Å². The van der Waals surface area contributed by atoms with Gasteiger partial charge in [-0.25, -0.2) is 9.18 Å². The molecule has 0 radical (unpaired) electrons. The fourth-order valence-corrected chi connectivity index (χ4v) is 2.78. The first-order valence-corrected chi connectivity index (χ1v) is 8.51. The number of hydrogen-bond acceptors (Lipinski definition) is 3. The predicted molar refractivity (Wildman–Crippen MR) is 94.5 cm³/mol. The molecule has 1 heterocycles. The summed E-state index contributed by atoms with van der Waals surface area (Å²) >= 11 is 3.44. The van der Waals surface area contributed by atoms with Gasteiger partial charge in [-0.3, -0.25) is 0 Å². The molecule has 0 amide bonds. The van der Waals surface area contributed by atoms with Crippen LogP contribution >= 0.6 is 15.9 Å². The highest BCUT2D eigenvalue weighted by Gasteiger charge is 2.18. The molecule has 0 fully saturated rings. The molecule has 24 heavy (non-hydrogen) atoms. The zero-order valence-corrected chi connectivity index (χ0v) is 14.7. The Morgan fingerprint density at radius 1 is 1.25 bits per heavy atom. The number of fused-ring (bicyclic) bond motifs is 1. The van der Waals surface area contributed by atoms with E-state index in [9.17, 15) is 9.18 Å². The summed E-state index contributed by atoms with van der Waals surface area (Å²) in [6.45, 7) is 2.39. The van der Waals surface area contributed by atoms with Gasteiger partial charge in [0.15, 0.2) is 0 Å². The van der Waals surface area contributed by atoms with E-state index in [0.717, 1.165) is 28.3 Å². The van der Waals surface area contributed by atoms with Gasteiger partial charge in [0.1, 0.15) is 11.5 Å². The van der Waals surface area contributed by atoms with E-state index in [1.807, 2.05) is 19.1 Å². The maximum atomic E-state index is 13.2. The molecule has 2 aromatic carbocycles. The van der Waals surface area contributed by atoms with Crippen molar-refractivity contribution < 1.29 is 13.9 Å². The number of rotatable bonds is 4. The number of unbranched alkanes of at least 4 members (excludes halogenated alkanes) is 1. The van der Waals surface area contributed by atoms with Gasteiger partial charge in [0.25, 0.3) is 0 Å². The lowest BCUT2D eigenvalue weighted by atomic mass is 10.1. The highest BCUT2D eigenvalue weighted by molar-refractivity contribution is 9.10. The Labute approximate surface area is 147 Å². The van der Waals surface area contributed by atoms with Crippen LogP contribution in [-0.4, -0.2) is 22.5 Å². The Hall–Kier alpha value is -2.21. The quantitative estimate of drug-likeness (QED) is 0.560. The summed E-state index contributed by atoms with van der Waals surface area (Å²) in [7, 11) is 0. The minimum Gasteiger partial charge on any atom is -0.448 e. The van der Waals surface area contributed by atoms with Crippen LogP contribution in [0.15, 0.2) is 46.9 Å². The third-order valence-electron chi connectivity index (χ3n) is 3.66. The van der Waals surface area contributed by atoms with Gasteiger partial charge in [-0.2, -0.15) is 9.78 Å². The lowest BCUT2D eigenvalue weighted by Crippen LogP contribution is -2.15. The van der Waals surface area contributed by atoms with Gasteiger partial charge in [0.05, 0.1) is 12.1 Å². The maximum Gasteiger partial charge on any atom is 0.435 e. The van der Waals surface area contributed by atoms with Crippen molar-refractivity contribution in [3.05, 3.63) is 52.8 Å². The molecule has 3 aromatic rings. The minimum absolute atomic E-state index is 0.317. The van der Waals surface area contributed by atoms with Gasteiger partial charge in [-0.1, -0.05) is 29.3 Å². The third-order valence-corrected chi connectivity index (χ3v) is 4.15. The number of ether oxygens (including phenoxy) is 1. The Morgan fingerprint density at radius 3 is 2.71 bits per heavy atom. The van der Waals surface area contributed by atoms with E-state index in [1.165, 1.54) is 16.8 Å². The van der Waals surface area contributed by atoms with Crippen molar-refractivity contribution >= 4 is 32.9 Å². The average Bonchev–Trinajstić information content (AvgIpc) is 2.94. The summed E-state index contributed by atoms with van der Waals surface area (Å²) in [6.07, 6.45) is 1.24. The topological polar surface area (TPSA) is 44.1 Å². The van der Waals surface area contributed by atoms with Crippen LogP contribution in [0.2, 0.25) is 0 Å². The first-order chi connectivity index (χ1) is 11.6. The number of nitrogens with zero attached hydrogens (tertiary/aromatic N) is 2. The maximum absolute atomic E-state index is 13.2. The lowest BCUT2D eigenvalue weighted by Gasteiger charge is -2.04. The van der Waals surface area contributed by atoms with Gasteiger partial charge >= 0.3 is 6.09 Å². The average molecular weight is 391 g/mol. The lowest BCUT2D eigenvalue weighted by molar-refractivity contribution is 0.144. The number of benzene rings is 2. The SMILES string of the molecule is CCCCOC(=O)n1nc(-c2ccc(F)cc2)c2cc(Br)ccc21. The Kier molecular flexibility index (Phi) is 4.94. The van der Waals surface area contributed by atoms with Crippen molar-refractivity contribution in [2.75, 3.05) is 6.61 Å². The minimum atomic E-state index is -0.510. The van der Waals surface area contributed by atoms with E-state index in [-0.39, 0.29) is 5.82 Å². The monoisotopic (exact) mass is 390 g/mol. The summed E-state index contributed by atoms with van der Waals surface area (Å²) in [5, 5.41) is 5.20. The Balaban J connectivity index is 2.07. The summed E-state index contributed by atoms with van der Waals surface area (Å²) < 4.78 is 20.6. The van der Waals surface area contributed by atoms with Crippen molar-refractivity contribution in [2.45, 2.75) is 19.8 Å². The van der Waals surface area contributed by atoms with Gasteiger partial charge in [0, 0.05) is 15.4 Å². The largest absolute Gasteiger partial charge is 0.448 e. The fourth-order valence-electron chi connectivity index (χ4n) is 2.42. The number of carbonyl (C=O) groups excluding carboxylic acids is 1. The highest BCUT2D eigenvalue weighted by Crippen LogP contribution is 2.30. The Bertz CT molecular complexity index is 875. The molecule has 0 atom stereocenters. The van der Waals surface area contributed by atoms with E-state index in [0.29, 0.717) is 17.8 Å². The molecule has 1 aromatic heterocycles. The van der Waals surface area contributed by atoms with Crippen LogP contribution in [0.1, 0.15) is 19.8 Å².